The molecule has 0 saturated carbocycles. The molecule has 0 spiro atoms. The second kappa shape index (κ2) is 7.99. The summed E-state index contributed by atoms with van der Waals surface area (Å²) in [6, 6.07) is -0.246. The van der Waals surface area contributed by atoms with Gasteiger partial charge in [0.2, 0.25) is 0 Å². The molecule has 0 aromatic heterocycles. The van der Waals surface area contributed by atoms with Gasteiger partial charge in [-0.2, -0.15) is 0 Å². The quantitative estimate of drug-likeness (QED) is 0.616. The van der Waals surface area contributed by atoms with Crippen LogP contribution in [0.2, 0.25) is 0 Å². The summed E-state index contributed by atoms with van der Waals surface area (Å²) in [4.78, 5) is 24.2. The van der Waals surface area contributed by atoms with Gasteiger partial charge in [0.05, 0.1) is 5.92 Å². The highest BCUT2D eigenvalue weighted by Gasteiger charge is 2.19. The van der Waals surface area contributed by atoms with Gasteiger partial charge in [-0.25, -0.2) is 4.79 Å². The molecule has 6 heteroatoms. The number of amides is 2. The maximum absolute atomic E-state index is 11.5. The van der Waals surface area contributed by atoms with Crippen molar-refractivity contribution in [3.05, 3.63) is 0 Å². The molecule has 0 aromatic carbocycles. The first-order valence-electron chi connectivity index (χ1n) is 6.53. The first-order valence-corrected chi connectivity index (χ1v) is 6.53. The highest BCUT2D eigenvalue weighted by molar-refractivity contribution is 5.74. The Morgan fingerprint density at radius 3 is 2.32 bits per heavy atom. The van der Waals surface area contributed by atoms with Crippen LogP contribution in [-0.2, 0) is 4.79 Å². The molecule has 3 N–H and O–H groups in total. The Morgan fingerprint density at radius 1 is 1.26 bits per heavy atom. The van der Waals surface area contributed by atoms with Crippen LogP contribution >= 0.6 is 0 Å². The Kier molecular flexibility index (Phi) is 7.44. The van der Waals surface area contributed by atoms with Crippen LogP contribution in [0.4, 0.5) is 4.79 Å². The van der Waals surface area contributed by atoms with E-state index >= 15 is 0 Å². The van der Waals surface area contributed by atoms with Crippen molar-refractivity contribution in [1.29, 1.82) is 0 Å². The van der Waals surface area contributed by atoms with Crippen LogP contribution < -0.4 is 10.6 Å². The highest BCUT2D eigenvalue weighted by Crippen LogP contribution is 2.13. The van der Waals surface area contributed by atoms with Gasteiger partial charge >= 0.3 is 12.0 Å². The smallest absolute Gasteiger partial charge is 0.314 e. The molecule has 2 amide bonds. The van der Waals surface area contributed by atoms with E-state index < -0.39 is 11.9 Å². The third-order valence-corrected chi connectivity index (χ3v) is 2.76. The fourth-order valence-electron chi connectivity index (χ4n) is 1.82. The number of nitrogens with one attached hydrogen (secondary N) is 2. The lowest BCUT2D eigenvalue weighted by molar-refractivity contribution is -0.141. The Bertz CT molecular complexity index is 304. The number of nitrogens with zero attached hydrogens (tertiary/aromatic N) is 1. The molecule has 0 rings (SSSR count). The van der Waals surface area contributed by atoms with Crippen molar-refractivity contribution in [3.63, 3.8) is 0 Å². The molecule has 0 fully saturated rings. The summed E-state index contributed by atoms with van der Waals surface area (Å²) in [5.74, 6) is -1.28. The topological polar surface area (TPSA) is 81.7 Å². The fraction of sp³-hybridized carbons (Fsp3) is 0.846. The molecule has 19 heavy (non-hydrogen) atoms. The van der Waals surface area contributed by atoms with Gasteiger partial charge in [0, 0.05) is 19.6 Å². The number of urea groups is 1. The van der Waals surface area contributed by atoms with Gasteiger partial charge in [0.15, 0.2) is 0 Å². The molecule has 0 aromatic rings. The Hall–Kier alpha value is -1.30. The minimum absolute atomic E-state index is 0.00477. The van der Waals surface area contributed by atoms with E-state index in [0.29, 0.717) is 19.5 Å². The van der Waals surface area contributed by atoms with Gasteiger partial charge in [0.1, 0.15) is 0 Å². The standard InChI is InChI=1S/C13H27N3O3/c1-10(11(17)18)6-7-14-12(19)15-8-13(2,3)9-16(4)5/h10H,6-9H2,1-5H3,(H,17,18)(H2,14,15,19). The fourth-order valence-corrected chi connectivity index (χ4v) is 1.82. The molecule has 1 unspecified atom stereocenters. The molecular formula is C13H27N3O3. The van der Waals surface area contributed by atoms with E-state index in [0.717, 1.165) is 6.54 Å². The zero-order valence-electron chi connectivity index (χ0n) is 12.6. The molecule has 0 aliphatic heterocycles. The van der Waals surface area contributed by atoms with Crippen molar-refractivity contribution in [2.75, 3.05) is 33.7 Å². The van der Waals surface area contributed by atoms with Gasteiger partial charge in [-0.15, -0.1) is 0 Å². The second-order valence-electron chi connectivity index (χ2n) is 6.04. The van der Waals surface area contributed by atoms with Crippen LogP contribution in [-0.4, -0.2) is 55.7 Å². The summed E-state index contributed by atoms with van der Waals surface area (Å²) in [7, 11) is 3.99. The Balaban J connectivity index is 3.84. The first kappa shape index (κ1) is 17.7. The van der Waals surface area contributed by atoms with Crippen molar-refractivity contribution in [2.45, 2.75) is 27.2 Å². The van der Waals surface area contributed by atoms with Crippen molar-refractivity contribution in [1.82, 2.24) is 15.5 Å². The number of carbonyl (C=O) groups is 2. The molecule has 0 aliphatic carbocycles. The predicted octanol–water partition coefficient (Wildman–Crippen LogP) is 0.984. The molecule has 0 heterocycles. The average molecular weight is 273 g/mol. The highest BCUT2D eigenvalue weighted by atomic mass is 16.4. The summed E-state index contributed by atoms with van der Waals surface area (Å²) in [6.07, 6.45) is 0.434. The third kappa shape index (κ3) is 9.30. The zero-order chi connectivity index (χ0) is 15.1. The number of rotatable bonds is 8. The van der Waals surface area contributed by atoms with Crippen molar-refractivity contribution in [3.8, 4) is 0 Å². The molecule has 0 radical (unpaired) electrons. The van der Waals surface area contributed by atoms with Crippen LogP contribution in [0.15, 0.2) is 0 Å². The predicted molar refractivity (Wildman–Crippen MR) is 75.2 cm³/mol. The van der Waals surface area contributed by atoms with E-state index in [1.807, 2.05) is 14.1 Å². The second-order valence-corrected chi connectivity index (χ2v) is 6.04. The van der Waals surface area contributed by atoms with E-state index in [4.69, 9.17) is 5.11 Å². The van der Waals surface area contributed by atoms with E-state index in [9.17, 15) is 9.59 Å². The monoisotopic (exact) mass is 273 g/mol. The zero-order valence-corrected chi connectivity index (χ0v) is 12.6. The largest absolute Gasteiger partial charge is 0.481 e. The molecule has 6 nitrogen and oxygen atoms in total. The van der Waals surface area contributed by atoms with E-state index in [-0.39, 0.29) is 11.4 Å². The lowest BCUT2D eigenvalue weighted by atomic mass is 9.93. The molecule has 0 aliphatic rings. The average Bonchev–Trinajstić information content (AvgIpc) is 2.24. The number of hydrogen-bond donors (Lipinski definition) is 3. The van der Waals surface area contributed by atoms with Crippen LogP contribution in [0.3, 0.4) is 0 Å². The van der Waals surface area contributed by atoms with E-state index in [2.05, 4.69) is 29.4 Å². The third-order valence-electron chi connectivity index (χ3n) is 2.76. The van der Waals surface area contributed by atoms with Gasteiger partial charge in [-0.1, -0.05) is 20.8 Å². The normalized spacial score (nSPS) is 13.2. The van der Waals surface area contributed by atoms with Gasteiger partial charge in [-0.05, 0) is 25.9 Å². The first-order chi connectivity index (χ1) is 8.64. The number of hydrogen-bond acceptors (Lipinski definition) is 3. The minimum Gasteiger partial charge on any atom is -0.481 e. The number of aliphatic carboxylic acids is 1. The maximum Gasteiger partial charge on any atom is 0.314 e. The van der Waals surface area contributed by atoms with Crippen molar-refractivity contribution in [2.24, 2.45) is 11.3 Å². The lowest BCUT2D eigenvalue weighted by Gasteiger charge is -2.28. The lowest BCUT2D eigenvalue weighted by Crippen LogP contribution is -2.44. The summed E-state index contributed by atoms with van der Waals surface area (Å²) in [5, 5.41) is 14.2. The van der Waals surface area contributed by atoms with Gasteiger partial charge in [0.25, 0.3) is 0 Å². The molecule has 112 valence electrons. The summed E-state index contributed by atoms with van der Waals surface area (Å²) in [5.41, 5.74) is -0.00477. The van der Waals surface area contributed by atoms with Crippen molar-refractivity contribution >= 4 is 12.0 Å². The van der Waals surface area contributed by atoms with Crippen LogP contribution in [0.5, 0.6) is 0 Å². The summed E-state index contributed by atoms with van der Waals surface area (Å²) >= 11 is 0. The van der Waals surface area contributed by atoms with Crippen LogP contribution in [0.25, 0.3) is 0 Å². The number of carboxylic acid groups (broad SMARTS) is 1. The SMILES string of the molecule is CC(CCNC(=O)NCC(C)(C)CN(C)C)C(=O)O. The molecular weight excluding hydrogens is 246 g/mol. The Labute approximate surface area is 115 Å². The minimum atomic E-state index is -0.839. The number of carboxylic acids is 1. The Morgan fingerprint density at radius 2 is 1.84 bits per heavy atom. The summed E-state index contributed by atoms with van der Waals surface area (Å²) in [6.45, 7) is 7.61. The summed E-state index contributed by atoms with van der Waals surface area (Å²) < 4.78 is 0. The van der Waals surface area contributed by atoms with Gasteiger partial charge < -0.3 is 20.6 Å². The van der Waals surface area contributed by atoms with Gasteiger partial charge in [-0.3, -0.25) is 4.79 Å². The van der Waals surface area contributed by atoms with E-state index in [1.165, 1.54) is 0 Å². The number of carbonyl (C=O) groups excluding carboxylic acids is 1. The molecule has 1 atom stereocenters. The molecule has 0 bridgehead atoms. The molecule has 0 saturated heterocycles. The van der Waals surface area contributed by atoms with E-state index in [1.54, 1.807) is 6.92 Å². The van der Waals surface area contributed by atoms with Crippen LogP contribution in [0.1, 0.15) is 27.2 Å². The maximum atomic E-state index is 11.5. The van der Waals surface area contributed by atoms with Crippen molar-refractivity contribution < 1.29 is 14.7 Å². The van der Waals surface area contributed by atoms with Crippen LogP contribution in [0, 0.1) is 11.3 Å².